The van der Waals surface area contributed by atoms with Crippen LogP contribution < -0.4 is 15.4 Å². The predicted octanol–water partition coefficient (Wildman–Crippen LogP) is 4.43. The van der Waals surface area contributed by atoms with Gasteiger partial charge in [-0.3, -0.25) is 0 Å². The summed E-state index contributed by atoms with van der Waals surface area (Å²) < 4.78 is 53.8. The molecule has 13 heteroatoms. The van der Waals surface area contributed by atoms with Gasteiger partial charge < -0.3 is 20.2 Å². The van der Waals surface area contributed by atoms with E-state index in [0.29, 0.717) is 11.7 Å². The van der Waals surface area contributed by atoms with Crippen molar-refractivity contribution in [3.05, 3.63) is 29.0 Å². The normalized spacial score (nSPS) is 17.9. The molecule has 0 bridgehead atoms. The van der Waals surface area contributed by atoms with Crippen LogP contribution in [0.25, 0.3) is 0 Å². The molecule has 3 rings (SSSR count). The number of amidine groups is 2. The molecule has 0 aliphatic carbocycles. The van der Waals surface area contributed by atoms with Gasteiger partial charge in [-0.2, -0.15) is 0 Å². The first-order valence-corrected chi connectivity index (χ1v) is 14.5. The zero-order chi connectivity index (χ0) is 26.3. The van der Waals surface area contributed by atoms with E-state index < -0.39 is 32.5 Å². The molecule has 0 spiro atoms. The lowest BCUT2D eigenvalue weighted by atomic mass is 9.84. The van der Waals surface area contributed by atoms with Gasteiger partial charge in [-0.15, -0.1) is 20.1 Å². The SMILES string of the molecule is CC(C)c1coc(C(NC2=NS(=O)N=C2Nc2csc(S(=O)(=O)NC(C)(C)C)c2O)C(C)(C)C)c1. The van der Waals surface area contributed by atoms with Crippen LogP contribution in [0.1, 0.15) is 78.7 Å². The average Bonchev–Trinajstić information content (AvgIpc) is 3.37. The highest BCUT2D eigenvalue weighted by molar-refractivity contribution is 7.91. The van der Waals surface area contributed by atoms with Gasteiger partial charge >= 0.3 is 0 Å². The summed E-state index contributed by atoms with van der Waals surface area (Å²) in [5.74, 6) is 0.873. The molecular formula is C22H33N5O5S3. The minimum Gasteiger partial charge on any atom is -0.504 e. The molecule has 35 heavy (non-hydrogen) atoms. The molecule has 1 aliphatic rings. The summed E-state index contributed by atoms with van der Waals surface area (Å²) in [6, 6.07) is 1.65. The second-order valence-corrected chi connectivity index (χ2v) is 14.3. The largest absolute Gasteiger partial charge is 0.504 e. The molecule has 0 saturated carbocycles. The molecule has 0 aromatic carbocycles. The maximum absolute atomic E-state index is 12.7. The Kier molecular flexibility index (Phi) is 7.57. The van der Waals surface area contributed by atoms with Crippen molar-refractivity contribution in [1.82, 2.24) is 10.0 Å². The van der Waals surface area contributed by atoms with Crippen LogP contribution in [0, 0.1) is 5.41 Å². The van der Waals surface area contributed by atoms with Gasteiger partial charge in [-0.1, -0.05) is 34.6 Å². The maximum atomic E-state index is 12.7. The van der Waals surface area contributed by atoms with Gasteiger partial charge in [0.15, 0.2) is 21.6 Å². The van der Waals surface area contributed by atoms with Crippen molar-refractivity contribution in [3.63, 3.8) is 0 Å². The molecule has 0 radical (unpaired) electrons. The van der Waals surface area contributed by atoms with E-state index in [1.165, 1.54) is 5.38 Å². The molecule has 0 saturated heterocycles. The second-order valence-electron chi connectivity index (χ2n) is 10.8. The van der Waals surface area contributed by atoms with Crippen molar-refractivity contribution in [3.8, 4) is 5.75 Å². The molecule has 4 N–H and O–H groups in total. The number of hydrogen-bond acceptors (Lipinski definition) is 8. The van der Waals surface area contributed by atoms with Crippen LogP contribution in [-0.2, 0) is 21.2 Å². The van der Waals surface area contributed by atoms with Crippen molar-refractivity contribution >= 4 is 49.9 Å². The lowest BCUT2D eigenvalue weighted by Gasteiger charge is -2.30. The fraction of sp³-hybridized carbons (Fsp3) is 0.545. The zero-order valence-electron chi connectivity index (χ0n) is 21.1. The quantitative estimate of drug-likeness (QED) is 0.422. The van der Waals surface area contributed by atoms with Crippen molar-refractivity contribution in [1.29, 1.82) is 0 Å². The van der Waals surface area contributed by atoms with Crippen molar-refractivity contribution in [2.45, 2.75) is 77.1 Å². The number of nitrogens with zero attached hydrogens (tertiary/aromatic N) is 2. The van der Waals surface area contributed by atoms with E-state index in [1.54, 1.807) is 27.0 Å². The van der Waals surface area contributed by atoms with Crippen molar-refractivity contribution in [2.75, 3.05) is 5.32 Å². The number of anilines is 1. The van der Waals surface area contributed by atoms with Crippen LogP contribution >= 0.6 is 11.3 Å². The van der Waals surface area contributed by atoms with Gasteiger partial charge in [-0.05, 0) is 43.7 Å². The first-order valence-electron chi connectivity index (χ1n) is 11.0. The van der Waals surface area contributed by atoms with E-state index in [4.69, 9.17) is 4.42 Å². The van der Waals surface area contributed by atoms with Crippen LogP contribution in [0.5, 0.6) is 5.75 Å². The highest BCUT2D eigenvalue weighted by Gasteiger charge is 2.34. The fourth-order valence-corrected chi connectivity index (χ4v) is 6.58. The monoisotopic (exact) mass is 543 g/mol. The van der Waals surface area contributed by atoms with E-state index in [0.717, 1.165) is 16.9 Å². The lowest BCUT2D eigenvalue weighted by molar-refractivity contribution is 0.264. The average molecular weight is 544 g/mol. The van der Waals surface area contributed by atoms with Gasteiger partial charge in [0, 0.05) is 10.9 Å². The lowest BCUT2D eigenvalue weighted by Crippen LogP contribution is -2.41. The summed E-state index contributed by atoms with van der Waals surface area (Å²) in [6.45, 7) is 15.4. The van der Waals surface area contributed by atoms with Crippen LogP contribution in [0.3, 0.4) is 0 Å². The van der Waals surface area contributed by atoms with Gasteiger partial charge in [0.05, 0.1) is 18.0 Å². The summed E-state index contributed by atoms with van der Waals surface area (Å²) in [5, 5.41) is 18.2. The summed E-state index contributed by atoms with van der Waals surface area (Å²) in [5.41, 5.74) is 0.140. The maximum Gasteiger partial charge on any atom is 0.269 e. The molecule has 194 valence electrons. The standard InChI is InChI=1S/C22H33N5O5S3/c1-12(2)13-9-15(32-10-13)17(21(3,4)5)24-19-18(25-34(29)26-19)23-14-11-33-20(16(14)28)35(30,31)27-22(6,7)8/h9-12,17,27-28H,1-8H3,(H,23,25)(H,24,26). The van der Waals surface area contributed by atoms with E-state index in [1.807, 2.05) is 26.8 Å². The van der Waals surface area contributed by atoms with Crippen LogP contribution in [-0.4, -0.2) is 34.9 Å². The second kappa shape index (κ2) is 9.68. The Morgan fingerprint density at radius 2 is 1.74 bits per heavy atom. The molecule has 2 atom stereocenters. The highest BCUT2D eigenvalue weighted by atomic mass is 32.2. The number of nitrogens with one attached hydrogen (secondary N) is 3. The third kappa shape index (κ3) is 6.51. The Morgan fingerprint density at radius 3 is 2.29 bits per heavy atom. The Bertz CT molecular complexity index is 1280. The summed E-state index contributed by atoms with van der Waals surface area (Å²) >= 11 is -1.02. The number of furan rings is 1. The van der Waals surface area contributed by atoms with Crippen LogP contribution in [0.2, 0.25) is 0 Å². The number of sulfonamides is 1. The zero-order valence-corrected chi connectivity index (χ0v) is 23.5. The molecular weight excluding hydrogens is 510 g/mol. The molecule has 2 unspecified atom stereocenters. The first-order chi connectivity index (χ1) is 16.0. The Labute approximate surface area is 213 Å². The van der Waals surface area contributed by atoms with Crippen molar-refractivity contribution in [2.24, 2.45) is 14.2 Å². The number of thiophene rings is 1. The Morgan fingerprint density at radius 1 is 1.11 bits per heavy atom. The smallest absolute Gasteiger partial charge is 0.269 e. The van der Waals surface area contributed by atoms with Crippen LogP contribution in [0.15, 0.2) is 35.1 Å². The topological polar surface area (TPSA) is 145 Å². The number of aromatic hydroxyl groups is 1. The molecule has 1 aliphatic heterocycles. The van der Waals surface area contributed by atoms with E-state index in [9.17, 15) is 17.7 Å². The predicted molar refractivity (Wildman–Crippen MR) is 141 cm³/mol. The third-order valence-corrected chi connectivity index (χ3v) is 8.92. The minimum absolute atomic E-state index is 0.115. The molecule has 3 heterocycles. The molecule has 10 nitrogen and oxygen atoms in total. The fourth-order valence-electron chi connectivity index (χ4n) is 3.30. The van der Waals surface area contributed by atoms with Crippen molar-refractivity contribution < 1.29 is 22.2 Å². The summed E-state index contributed by atoms with van der Waals surface area (Å²) in [6.07, 6.45) is 1.72. The highest BCUT2D eigenvalue weighted by Crippen LogP contribution is 2.39. The Balaban J connectivity index is 1.87. The molecule has 2 aromatic rings. The van der Waals surface area contributed by atoms with E-state index in [2.05, 4.69) is 38.0 Å². The Hall–Kier alpha value is -2.22. The van der Waals surface area contributed by atoms with E-state index >= 15 is 0 Å². The molecule has 0 fully saturated rings. The van der Waals surface area contributed by atoms with Gasteiger partial charge in [0.25, 0.3) is 21.2 Å². The van der Waals surface area contributed by atoms with Crippen LogP contribution in [0.4, 0.5) is 5.69 Å². The summed E-state index contributed by atoms with van der Waals surface area (Å²) in [4.78, 5) is 0. The summed E-state index contributed by atoms with van der Waals surface area (Å²) in [7, 11) is -3.94. The minimum atomic E-state index is -3.94. The third-order valence-electron chi connectivity index (χ3n) is 4.97. The van der Waals surface area contributed by atoms with Gasteiger partial charge in [-0.25, -0.2) is 17.3 Å². The molecule has 0 amide bonds. The number of hydrogen-bond donors (Lipinski definition) is 4. The van der Waals surface area contributed by atoms with Gasteiger partial charge in [0.1, 0.15) is 5.76 Å². The van der Waals surface area contributed by atoms with E-state index in [-0.39, 0.29) is 33.0 Å². The molecule has 2 aromatic heterocycles. The van der Waals surface area contributed by atoms with Gasteiger partial charge in [0.2, 0.25) is 0 Å². The first kappa shape index (κ1) is 27.4. The number of rotatable bonds is 6.